The molecule has 0 bridgehead atoms. The molecule has 1 aromatic rings. The molecule has 1 amide bonds. The maximum Gasteiger partial charge on any atom is 0.331 e. The molecule has 1 fully saturated rings. The summed E-state index contributed by atoms with van der Waals surface area (Å²) in [6, 6.07) is 5.30. The largest absolute Gasteiger partial charge is 0.479 e. The lowest BCUT2D eigenvalue weighted by molar-refractivity contribution is -0.149. The van der Waals surface area contributed by atoms with Gasteiger partial charge in [0.25, 0.3) is 0 Å². The van der Waals surface area contributed by atoms with Crippen molar-refractivity contribution in [3.63, 3.8) is 0 Å². The molecular weight excluding hydrogens is 329 g/mol. The Kier molecular flexibility index (Phi) is 5.00. The maximum atomic E-state index is 12.3. The van der Waals surface area contributed by atoms with E-state index < -0.39 is 11.5 Å². The molecule has 0 aromatic heterocycles. The fourth-order valence-electron chi connectivity index (χ4n) is 2.44. The van der Waals surface area contributed by atoms with Crippen LogP contribution < -0.4 is 5.32 Å². The molecule has 2 rings (SSSR count). The first-order valence-corrected chi connectivity index (χ1v) is 7.54. The smallest absolute Gasteiger partial charge is 0.331 e. The summed E-state index contributed by atoms with van der Waals surface area (Å²) in [5.41, 5.74) is -0.630. The van der Waals surface area contributed by atoms with Gasteiger partial charge in [0.05, 0.1) is 16.7 Å². The van der Waals surface area contributed by atoms with Crippen LogP contribution in [0.15, 0.2) is 18.2 Å². The molecule has 1 aliphatic carbocycles. The molecule has 1 saturated carbocycles. The molecule has 22 heavy (non-hydrogen) atoms. The van der Waals surface area contributed by atoms with Gasteiger partial charge >= 0.3 is 5.97 Å². The van der Waals surface area contributed by atoms with Gasteiger partial charge in [0.1, 0.15) is 0 Å². The summed E-state index contributed by atoms with van der Waals surface area (Å²) in [4.78, 5) is 23.6. The zero-order valence-corrected chi connectivity index (χ0v) is 13.7. The molecule has 0 spiro atoms. The predicted octanol–water partition coefficient (Wildman–Crippen LogP) is 2.70. The highest BCUT2D eigenvalue weighted by Crippen LogP contribution is 2.50. The Balaban J connectivity index is 2.07. The molecular formula is C15H17Cl2NO4. The van der Waals surface area contributed by atoms with Gasteiger partial charge in [0.2, 0.25) is 5.91 Å². The number of amides is 1. The summed E-state index contributed by atoms with van der Waals surface area (Å²) in [6.45, 7) is 1.31. The van der Waals surface area contributed by atoms with Crippen molar-refractivity contribution < 1.29 is 19.4 Å². The quantitative estimate of drug-likeness (QED) is 0.831. The molecule has 1 aromatic carbocycles. The summed E-state index contributed by atoms with van der Waals surface area (Å²) in [5.74, 6) is -1.79. The number of nitrogens with one attached hydrogen (secondary N) is 1. The van der Waals surface area contributed by atoms with Crippen molar-refractivity contribution in [1.82, 2.24) is 5.32 Å². The first kappa shape index (κ1) is 17.1. The van der Waals surface area contributed by atoms with E-state index >= 15 is 0 Å². The second-order valence-electron chi connectivity index (χ2n) is 5.65. The number of carboxylic acid groups (broad SMARTS) is 1. The lowest BCUT2D eigenvalue weighted by Gasteiger charge is -2.25. The van der Waals surface area contributed by atoms with Crippen LogP contribution in [0, 0.1) is 5.92 Å². The van der Waals surface area contributed by atoms with Crippen LogP contribution in [0.1, 0.15) is 24.8 Å². The van der Waals surface area contributed by atoms with Gasteiger partial charge in [0.15, 0.2) is 5.54 Å². The number of benzene rings is 1. The van der Waals surface area contributed by atoms with Gasteiger partial charge in [-0.05, 0) is 30.9 Å². The van der Waals surface area contributed by atoms with E-state index in [1.54, 1.807) is 12.1 Å². The number of aliphatic carboxylic acids is 1. The van der Waals surface area contributed by atoms with E-state index in [0.29, 0.717) is 16.5 Å². The lowest BCUT2D eigenvalue weighted by Crippen LogP contribution is -2.55. The van der Waals surface area contributed by atoms with Crippen LogP contribution in [-0.4, -0.2) is 36.2 Å². The van der Waals surface area contributed by atoms with Crippen LogP contribution in [0.2, 0.25) is 10.0 Å². The minimum Gasteiger partial charge on any atom is -0.479 e. The molecule has 7 heteroatoms. The summed E-state index contributed by atoms with van der Waals surface area (Å²) in [6.07, 6.45) is 0.620. The number of carbonyl (C=O) groups excluding carboxylic acids is 1. The number of halogens is 2. The highest BCUT2D eigenvalue weighted by Gasteiger charge is 2.48. The second kappa shape index (κ2) is 6.44. The third kappa shape index (κ3) is 3.37. The molecule has 2 N–H and O–H groups in total. The number of methoxy groups -OCH3 is 1. The standard InChI is InChI=1S/C15H17Cl2NO4/c1-15(7-22-2,14(20)21)18-13(19)10-6-9(10)8-4-3-5-11(16)12(8)17/h3-5,9-10H,6-7H2,1-2H3,(H,18,19)(H,20,21). The minimum absolute atomic E-state index is 0.0354. The predicted molar refractivity (Wildman–Crippen MR) is 83.4 cm³/mol. The zero-order valence-electron chi connectivity index (χ0n) is 12.2. The number of carboxylic acids is 1. The Bertz CT molecular complexity index is 607. The minimum atomic E-state index is -1.45. The van der Waals surface area contributed by atoms with Gasteiger partial charge in [-0.3, -0.25) is 4.79 Å². The van der Waals surface area contributed by atoms with Gasteiger partial charge in [-0.25, -0.2) is 4.79 Å². The maximum absolute atomic E-state index is 12.3. The van der Waals surface area contributed by atoms with Crippen molar-refractivity contribution in [3.05, 3.63) is 33.8 Å². The van der Waals surface area contributed by atoms with Crippen molar-refractivity contribution in [3.8, 4) is 0 Å². The summed E-state index contributed by atoms with van der Waals surface area (Å²) in [5, 5.41) is 12.7. The molecule has 0 saturated heterocycles. The molecule has 0 radical (unpaired) electrons. The Morgan fingerprint density at radius 2 is 2.14 bits per heavy atom. The monoisotopic (exact) mass is 345 g/mol. The normalized spacial score (nSPS) is 22.7. The number of hydrogen-bond donors (Lipinski definition) is 2. The van der Waals surface area contributed by atoms with E-state index in [2.05, 4.69) is 5.32 Å². The Morgan fingerprint density at radius 3 is 2.73 bits per heavy atom. The van der Waals surface area contributed by atoms with Crippen LogP contribution in [0.5, 0.6) is 0 Å². The summed E-state index contributed by atoms with van der Waals surface area (Å²) >= 11 is 12.1. The van der Waals surface area contributed by atoms with E-state index in [4.69, 9.17) is 27.9 Å². The Hall–Kier alpha value is -1.30. The Morgan fingerprint density at radius 1 is 1.45 bits per heavy atom. The van der Waals surface area contributed by atoms with Gasteiger partial charge < -0.3 is 15.2 Å². The molecule has 3 unspecified atom stereocenters. The van der Waals surface area contributed by atoms with Gasteiger partial charge in [-0.15, -0.1) is 0 Å². The van der Waals surface area contributed by atoms with Crippen molar-refractivity contribution >= 4 is 35.1 Å². The highest BCUT2D eigenvalue weighted by atomic mass is 35.5. The number of ether oxygens (including phenoxy) is 1. The fourth-order valence-corrected chi connectivity index (χ4v) is 2.89. The molecule has 5 nitrogen and oxygen atoms in total. The highest BCUT2D eigenvalue weighted by molar-refractivity contribution is 6.42. The van der Waals surface area contributed by atoms with Crippen molar-refractivity contribution in [2.24, 2.45) is 5.92 Å². The third-order valence-corrected chi connectivity index (χ3v) is 4.65. The van der Waals surface area contributed by atoms with E-state index in [-0.39, 0.29) is 24.3 Å². The SMILES string of the molecule is COCC(C)(NC(=O)C1CC1c1cccc(Cl)c1Cl)C(=O)O. The zero-order chi connectivity index (χ0) is 16.5. The van der Waals surface area contributed by atoms with E-state index in [9.17, 15) is 14.7 Å². The van der Waals surface area contributed by atoms with Gasteiger partial charge in [-0.1, -0.05) is 35.3 Å². The topological polar surface area (TPSA) is 75.6 Å². The van der Waals surface area contributed by atoms with Crippen molar-refractivity contribution in [2.45, 2.75) is 24.8 Å². The molecule has 0 aliphatic heterocycles. The van der Waals surface area contributed by atoms with Crippen LogP contribution >= 0.6 is 23.2 Å². The molecule has 120 valence electrons. The molecule has 1 aliphatic rings. The molecule has 0 heterocycles. The van der Waals surface area contributed by atoms with E-state index in [0.717, 1.165) is 5.56 Å². The second-order valence-corrected chi connectivity index (χ2v) is 6.44. The molecule has 3 atom stereocenters. The number of rotatable bonds is 6. The fraction of sp³-hybridized carbons (Fsp3) is 0.467. The van der Waals surface area contributed by atoms with Gasteiger partial charge in [0, 0.05) is 13.0 Å². The van der Waals surface area contributed by atoms with E-state index in [1.165, 1.54) is 14.0 Å². The third-order valence-electron chi connectivity index (χ3n) is 3.81. The first-order chi connectivity index (χ1) is 10.3. The van der Waals surface area contributed by atoms with Crippen LogP contribution in [0.4, 0.5) is 0 Å². The van der Waals surface area contributed by atoms with Crippen molar-refractivity contribution in [1.29, 1.82) is 0 Å². The van der Waals surface area contributed by atoms with Gasteiger partial charge in [-0.2, -0.15) is 0 Å². The Labute approximate surface area is 138 Å². The van der Waals surface area contributed by atoms with Crippen LogP contribution in [-0.2, 0) is 14.3 Å². The average molecular weight is 346 g/mol. The average Bonchev–Trinajstić information content (AvgIpc) is 3.22. The summed E-state index contributed by atoms with van der Waals surface area (Å²) < 4.78 is 4.88. The van der Waals surface area contributed by atoms with Crippen molar-refractivity contribution in [2.75, 3.05) is 13.7 Å². The number of carbonyl (C=O) groups is 2. The van der Waals surface area contributed by atoms with Crippen LogP contribution in [0.25, 0.3) is 0 Å². The number of hydrogen-bond acceptors (Lipinski definition) is 3. The lowest BCUT2D eigenvalue weighted by atomic mass is 10.0. The van der Waals surface area contributed by atoms with Crippen LogP contribution in [0.3, 0.4) is 0 Å². The first-order valence-electron chi connectivity index (χ1n) is 6.78. The van der Waals surface area contributed by atoms with E-state index in [1.807, 2.05) is 6.07 Å². The summed E-state index contributed by atoms with van der Waals surface area (Å²) in [7, 11) is 1.39.